The number of nitrogens with zero attached hydrogens (tertiary/aromatic N) is 1. The third kappa shape index (κ3) is 3.64. The van der Waals surface area contributed by atoms with Gasteiger partial charge in [-0.2, -0.15) is 0 Å². The minimum atomic E-state index is 0.742. The Morgan fingerprint density at radius 2 is 1.86 bits per heavy atom. The molecule has 0 atom stereocenters. The fourth-order valence-electron chi connectivity index (χ4n) is 0.920. The molecule has 0 saturated carbocycles. The lowest BCUT2D eigenvalue weighted by Gasteiger charge is -1.97. The highest BCUT2D eigenvalue weighted by Crippen LogP contribution is 2.20. The summed E-state index contributed by atoms with van der Waals surface area (Å²) in [6.45, 7) is 0. The average Bonchev–Trinajstić information content (AvgIpc) is 2.15. The SMILES string of the molecule is C[N+](C)=C/C=C(/Cl)c1ccc(Br)cc1. The summed E-state index contributed by atoms with van der Waals surface area (Å²) in [6.07, 6.45) is 3.80. The molecule has 0 amide bonds. The molecule has 0 saturated heterocycles. The van der Waals surface area contributed by atoms with Gasteiger partial charge in [-0.15, -0.1) is 0 Å². The molecule has 14 heavy (non-hydrogen) atoms. The molecule has 0 aliphatic carbocycles. The molecule has 74 valence electrons. The molecular weight excluding hydrogens is 261 g/mol. The highest BCUT2D eigenvalue weighted by molar-refractivity contribution is 9.10. The Kier molecular flexibility index (Phi) is 4.36. The zero-order valence-corrected chi connectivity index (χ0v) is 10.5. The average molecular weight is 274 g/mol. The van der Waals surface area contributed by atoms with Crippen molar-refractivity contribution in [2.75, 3.05) is 14.1 Å². The number of rotatable bonds is 2. The molecule has 1 nitrogen and oxygen atoms in total. The topological polar surface area (TPSA) is 3.01 Å². The molecule has 0 unspecified atom stereocenters. The molecule has 0 fully saturated rings. The second-order valence-corrected chi connectivity index (χ2v) is 4.46. The maximum atomic E-state index is 6.09. The van der Waals surface area contributed by atoms with Gasteiger partial charge in [-0.05, 0) is 17.7 Å². The summed E-state index contributed by atoms with van der Waals surface area (Å²) in [5.74, 6) is 0. The molecule has 0 aliphatic heterocycles. The summed E-state index contributed by atoms with van der Waals surface area (Å²) in [7, 11) is 3.92. The van der Waals surface area contributed by atoms with E-state index in [0.717, 1.165) is 15.1 Å². The molecule has 3 heteroatoms. The van der Waals surface area contributed by atoms with Crippen LogP contribution in [0.5, 0.6) is 0 Å². The van der Waals surface area contributed by atoms with Crippen LogP contribution >= 0.6 is 27.5 Å². The Bertz CT molecular complexity index is 361. The number of halogens is 2. The van der Waals surface area contributed by atoms with Crippen LogP contribution in [-0.4, -0.2) is 24.9 Å². The van der Waals surface area contributed by atoms with Crippen molar-refractivity contribution < 1.29 is 4.58 Å². The largest absolute Gasteiger partial charge is 0.241 e. The van der Waals surface area contributed by atoms with Gasteiger partial charge in [-0.1, -0.05) is 39.7 Å². The van der Waals surface area contributed by atoms with E-state index in [-0.39, 0.29) is 0 Å². The first-order chi connectivity index (χ1) is 6.59. The molecule has 0 spiro atoms. The Balaban J connectivity index is 2.89. The first-order valence-electron chi connectivity index (χ1n) is 4.22. The third-order valence-electron chi connectivity index (χ3n) is 1.64. The number of allylic oxidation sites excluding steroid dienone is 1. The molecule has 0 aromatic heterocycles. The second kappa shape index (κ2) is 5.32. The van der Waals surface area contributed by atoms with Gasteiger partial charge in [0.25, 0.3) is 0 Å². The van der Waals surface area contributed by atoms with E-state index in [9.17, 15) is 0 Å². The minimum absolute atomic E-state index is 0.742. The van der Waals surface area contributed by atoms with Crippen molar-refractivity contribution >= 4 is 38.8 Å². The van der Waals surface area contributed by atoms with E-state index in [1.165, 1.54) is 0 Å². The highest BCUT2D eigenvalue weighted by Gasteiger charge is 1.97. The maximum Gasteiger partial charge on any atom is 0.164 e. The fourth-order valence-corrected chi connectivity index (χ4v) is 1.37. The Morgan fingerprint density at radius 1 is 1.29 bits per heavy atom. The third-order valence-corrected chi connectivity index (χ3v) is 2.51. The molecule has 1 aromatic rings. The van der Waals surface area contributed by atoms with Crippen molar-refractivity contribution in [3.05, 3.63) is 40.4 Å². The normalized spacial score (nSPS) is 11.3. The molecule has 0 N–H and O–H groups in total. The van der Waals surface area contributed by atoms with E-state index in [4.69, 9.17) is 11.6 Å². The summed E-state index contributed by atoms with van der Waals surface area (Å²) in [5.41, 5.74) is 1.02. The number of benzene rings is 1. The van der Waals surface area contributed by atoms with Crippen LogP contribution in [0.4, 0.5) is 0 Å². The summed E-state index contributed by atoms with van der Waals surface area (Å²) in [4.78, 5) is 0. The summed E-state index contributed by atoms with van der Waals surface area (Å²) >= 11 is 9.47. The van der Waals surface area contributed by atoms with Gasteiger partial charge in [0.15, 0.2) is 6.21 Å². The van der Waals surface area contributed by atoms with Crippen LogP contribution in [0.1, 0.15) is 5.56 Å². The van der Waals surface area contributed by atoms with Crippen LogP contribution in [0, 0.1) is 0 Å². The fraction of sp³-hybridized carbons (Fsp3) is 0.182. The van der Waals surface area contributed by atoms with Gasteiger partial charge < -0.3 is 0 Å². The van der Waals surface area contributed by atoms with Crippen LogP contribution in [-0.2, 0) is 0 Å². The van der Waals surface area contributed by atoms with Crippen molar-refractivity contribution in [1.82, 2.24) is 0 Å². The van der Waals surface area contributed by atoms with E-state index in [1.54, 1.807) is 0 Å². The lowest BCUT2D eigenvalue weighted by atomic mass is 10.2. The van der Waals surface area contributed by atoms with Crippen molar-refractivity contribution in [3.8, 4) is 0 Å². The molecule has 0 aliphatic rings. The minimum Gasteiger partial charge on any atom is -0.241 e. The molecule has 0 heterocycles. The van der Waals surface area contributed by atoms with Gasteiger partial charge in [-0.25, -0.2) is 4.58 Å². The monoisotopic (exact) mass is 272 g/mol. The van der Waals surface area contributed by atoms with Crippen LogP contribution in [0.25, 0.3) is 5.03 Å². The van der Waals surface area contributed by atoms with Crippen LogP contribution in [0.3, 0.4) is 0 Å². The van der Waals surface area contributed by atoms with Crippen LogP contribution in [0.15, 0.2) is 34.8 Å². The van der Waals surface area contributed by atoms with Crippen molar-refractivity contribution in [1.29, 1.82) is 0 Å². The Labute approximate surface area is 97.8 Å². The summed E-state index contributed by atoms with van der Waals surface area (Å²) in [5, 5.41) is 0.742. The number of hydrogen-bond donors (Lipinski definition) is 0. The maximum absolute atomic E-state index is 6.09. The van der Waals surface area contributed by atoms with Gasteiger partial charge in [0, 0.05) is 10.5 Å². The van der Waals surface area contributed by atoms with E-state index < -0.39 is 0 Å². The lowest BCUT2D eigenvalue weighted by Crippen LogP contribution is -1.95. The molecule has 0 radical (unpaired) electrons. The van der Waals surface area contributed by atoms with Gasteiger partial charge >= 0.3 is 0 Å². The molecule has 1 rings (SSSR count). The summed E-state index contributed by atoms with van der Waals surface area (Å²) < 4.78 is 3.00. The highest BCUT2D eigenvalue weighted by atomic mass is 79.9. The first-order valence-corrected chi connectivity index (χ1v) is 5.39. The molecule has 1 aromatic carbocycles. The first kappa shape index (κ1) is 11.5. The van der Waals surface area contributed by atoms with Crippen molar-refractivity contribution in [2.45, 2.75) is 0 Å². The van der Waals surface area contributed by atoms with E-state index in [2.05, 4.69) is 15.9 Å². The Morgan fingerprint density at radius 3 is 2.36 bits per heavy atom. The summed E-state index contributed by atoms with van der Waals surface area (Å²) in [6, 6.07) is 7.90. The second-order valence-electron chi connectivity index (χ2n) is 3.13. The van der Waals surface area contributed by atoms with Crippen LogP contribution in [0.2, 0.25) is 0 Å². The lowest BCUT2D eigenvalue weighted by molar-refractivity contribution is -0.458. The Hall–Kier alpha value is -0.600. The standard InChI is InChI=1S/C11H12BrClN/c1-14(2)8-7-11(13)9-3-5-10(12)6-4-9/h3-8H,1-2H3/q+1/b11-7+. The van der Waals surface area contributed by atoms with Gasteiger partial charge in [0.1, 0.15) is 14.1 Å². The zero-order chi connectivity index (χ0) is 10.6. The predicted molar refractivity (Wildman–Crippen MR) is 66.1 cm³/mol. The van der Waals surface area contributed by atoms with Gasteiger partial charge in [0.2, 0.25) is 0 Å². The zero-order valence-electron chi connectivity index (χ0n) is 8.17. The van der Waals surface area contributed by atoms with Crippen molar-refractivity contribution in [2.24, 2.45) is 0 Å². The van der Waals surface area contributed by atoms with E-state index in [1.807, 2.05) is 55.2 Å². The predicted octanol–water partition coefficient (Wildman–Crippen LogP) is 3.37. The van der Waals surface area contributed by atoms with Gasteiger partial charge in [0.05, 0.1) is 5.03 Å². The van der Waals surface area contributed by atoms with E-state index >= 15 is 0 Å². The molecule has 0 bridgehead atoms. The smallest absolute Gasteiger partial charge is 0.164 e. The quantitative estimate of drug-likeness (QED) is 0.574. The number of hydrogen-bond acceptors (Lipinski definition) is 0. The van der Waals surface area contributed by atoms with Crippen LogP contribution < -0.4 is 0 Å². The molecular formula is C11H12BrClN+. The van der Waals surface area contributed by atoms with Gasteiger partial charge in [-0.3, -0.25) is 0 Å². The van der Waals surface area contributed by atoms with E-state index in [0.29, 0.717) is 0 Å². The van der Waals surface area contributed by atoms with Crippen molar-refractivity contribution in [3.63, 3.8) is 0 Å².